The first-order chi connectivity index (χ1) is 8.24. The molecule has 0 amide bonds. The molecule has 2 heterocycles. The van der Waals surface area contributed by atoms with Crippen molar-refractivity contribution in [1.82, 2.24) is 14.8 Å². The van der Waals surface area contributed by atoms with Gasteiger partial charge in [-0.15, -0.1) is 0 Å². The van der Waals surface area contributed by atoms with Crippen LogP contribution in [-0.4, -0.2) is 27.0 Å². The molecule has 0 aliphatic heterocycles. The van der Waals surface area contributed by atoms with Gasteiger partial charge < -0.3 is 9.84 Å². The summed E-state index contributed by atoms with van der Waals surface area (Å²) in [5.74, 6) is 0.490. The maximum absolute atomic E-state index is 10.1. The standard InChI is InChI=1S/C12H15N3O2/c1-3-15-8-9(7-13-15)12(16)10-5-4-6-11(14-10)17-2/h4-8,12,16H,3H2,1-2H3. The van der Waals surface area contributed by atoms with Crippen LogP contribution in [0.5, 0.6) is 5.88 Å². The van der Waals surface area contributed by atoms with E-state index in [9.17, 15) is 5.11 Å². The molecule has 2 aromatic rings. The molecule has 90 valence electrons. The second-order valence-electron chi connectivity index (χ2n) is 3.64. The van der Waals surface area contributed by atoms with Crippen LogP contribution in [0.15, 0.2) is 30.6 Å². The second-order valence-corrected chi connectivity index (χ2v) is 3.64. The summed E-state index contributed by atoms with van der Waals surface area (Å²) in [6, 6.07) is 5.30. The highest BCUT2D eigenvalue weighted by molar-refractivity contribution is 5.24. The number of aliphatic hydroxyl groups excluding tert-OH is 1. The van der Waals surface area contributed by atoms with Crippen molar-refractivity contribution in [2.75, 3.05) is 7.11 Å². The maximum atomic E-state index is 10.1. The molecule has 1 atom stereocenters. The lowest BCUT2D eigenvalue weighted by molar-refractivity contribution is 0.213. The Morgan fingerprint density at radius 2 is 2.29 bits per heavy atom. The second kappa shape index (κ2) is 4.97. The number of aromatic nitrogens is 3. The number of nitrogens with zero attached hydrogens (tertiary/aromatic N) is 3. The van der Waals surface area contributed by atoms with Gasteiger partial charge in [-0.25, -0.2) is 4.98 Å². The zero-order chi connectivity index (χ0) is 12.3. The van der Waals surface area contributed by atoms with Gasteiger partial charge in [0.25, 0.3) is 0 Å². The van der Waals surface area contributed by atoms with Crippen LogP contribution in [0, 0.1) is 0 Å². The Bertz CT molecular complexity index is 496. The van der Waals surface area contributed by atoms with Gasteiger partial charge in [-0.05, 0) is 13.0 Å². The number of ether oxygens (including phenoxy) is 1. The summed E-state index contributed by atoms with van der Waals surface area (Å²) in [7, 11) is 1.55. The summed E-state index contributed by atoms with van der Waals surface area (Å²) < 4.78 is 6.79. The molecule has 0 saturated carbocycles. The molecule has 0 aliphatic rings. The van der Waals surface area contributed by atoms with Gasteiger partial charge in [-0.1, -0.05) is 6.07 Å². The Labute approximate surface area is 99.7 Å². The van der Waals surface area contributed by atoms with Crippen molar-refractivity contribution in [2.24, 2.45) is 0 Å². The van der Waals surface area contributed by atoms with E-state index in [1.54, 1.807) is 36.2 Å². The minimum absolute atomic E-state index is 0.490. The summed E-state index contributed by atoms with van der Waals surface area (Å²) >= 11 is 0. The SMILES string of the molecule is CCn1cc(C(O)c2cccc(OC)n2)cn1. The van der Waals surface area contributed by atoms with Crippen molar-refractivity contribution >= 4 is 0 Å². The van der Waals surface area contributed by atoms with E-state index in [2.05, 4.69) is 10.1 Å². The van der Waals surface area contributed by atoms with Crippen molar-refractivity contribution in [3.05, 3.63) is 41.9 Å². The summed E-state index contributed by atoms with van der Waals surface area (Å²) in [6.45, 7) is 2.77. The lowest BCUT2D eigenvalue weighted by Crippen LogP contribution is -2.02. The van der Waals surface area contributed by atoms with E-state index in [0.717, 1.165) is 12.1 Å². The molecule has 2 aromatic heterocycles. The molecular weight excluding hydrogens is 218 g/mol. The van der Waals surface area contributed by atoms with E-state index < -0.39 is 6.10 Å². The Morgan fingerprint density at radius 3 is 2.94 bits per heavy atom. The first kappa shape index (κ1) is 11.6. The van der Waals surface area contributed by atoms with Crippen LogP contribution in [0.25, 0.3) is 0 Å². The van der Waals surface area contributed by atoms with Crippen LogP contribution in [-0.2, 0) is 6.54 Å². The van der Waals surface area contributed by atoms with Gasteiger partial charge in [0.05, 0.1) is 19.0 Å². The molecule has 1 N–H and O–H groups in total. The molecule has 0 aromatic carbocycles. The van der Waals surface area contributed by atoms with Crippen molar-refractivity contribution in [3.63, 3.8) is 0 Å². The number of rotatable bonds is 4. The lowest BCUT2D eigenvalue weighted by atomic mass is 10.1. The average Bonchev–Trinajstić information content (AvgIpc) is 2.86. The minimum atomic E-state index is -0.773. The summed E-state index contributed by atoms with van der Waals surface area (Å²) in [5, 5.41) is 14.3. The highest BCUT2D eigenvalue weighted by Gasteiger charge is 2.14. The van der Waals surface area contributed by atoms with E-state index in [0.29, 0.717) is 11.6 Å². The van der Waals surface area contributed by atoms with Gasteiger partial charge in [-0.3, -0.25) is 4.68 Å². The van der Waals surface area contributed by atoms with Crippen LogP contribution >= 0.6 is 0 Å². The summed E-state index contributed by atoms with van der Waals surface area (Å²) in [4.78, 5) is 4.19. The van der Waals surface area contributed by atoms with E-state index in [1.807, 2.05) is 13.1 Å². The molecule has 0 saturated heterocycles. The van der Waals surface area contributed by atoms with Crippen molar-refractivity contribution in [2.45, 2.75) is 19.6 Å². The molecule has 5 heteroatoms. The lowest BCUT2D eigenvalue weighted by Gasteiger charge is -2.08. The molecule has 0 bridgehead atoms. The highest BCUT2D eigenvalue weighted by atomic mass is 16.5. The highest BCUT2D eigenvalue weighted by Crippen LogP contribution is 2.21. The van der Waals surface area contributed by atoms with E-state index >= 15 is 0 Å². The fourth-order valence-corrected chi connectivity index (χ4v) is 1.56. The maximum Gasteiger partial charge on any atom is 0.213 e. The van der Waals surface area contributed by atoms with E-state index in [4.69, 9.17) is 4.74 Å². The number of methoxy groups -OCH3 is 1. The summed E-state index contributed by atoms with van der Waals surface area (Å²) in [6.07, 6.45) is 2.69. The van der Waals surface area contributed by atoms with Gasteiger partial charge in [0.1, 0.15) is 6.10 Å². The fourth-order valence-electron chi connectivity index (χ4n) is 1.56. The Hall–Kier alpha value is -1.88. The zero-order valence-corrected chi connectivity index (χ0v) is 9.87. The molecule has 1 unspecified atom stereocenters. The first-order valence-corrected chi connectivity index (χ1v) is 5.46. The van der Waals surface area contributed by atoms with Gasteiger partial charge in [-0.2, -0.15) is 5.10 Å². The quantitative estimate of drug-likeness (QED) is 0.866. The van der Waals surface area contributed by atoms with Crippen LogP contribution in [0.1, 0.15) is 24.3 Å². The molecule has 5 nitrogen and oxygen atoms in total. The predicted octanol–water partition coefficient (Wildman–Crippen LogP) is 1.39. The third kappa shape index (κ3) is 2.45. The van der Waals surface area contributed by atoms with Gasteiger partial charge in [0.15, 0.2) is 0 Å². The number of pyridine rings is 1. The smallest absolute Gasteiger partial charge is 0.213 e. The molecule has 0 spiro atoms. The normalized spacial score (nSPS) is 12.4. The predicted molar refractivity (Wildman–Crippen MR) is 62.8 cm³/mol. The number of hydrogen-bond donors (Lipinski definition) is 1. The molecule has 17 heavy (non-hydrogen) atoms. The van der Waals surface area contributed by atoms with Crippen LogP contribution in [0.3, 0.4) is 0 Å². The zero-order valence-electron chi connectivity index (χ0n) is 9.87. The number of hydrogen-bond acceptors (Lipinski definition) is 4. The first-order valence-electron chi connectivity index (χ1n) is 5.46. The third-order valence-electron chi connectivity index (χ3n) is 2.53. The molecule has 0 aliphatic carbocycles. The van der Waals surface area contributed by atoms with Crippen LogP contribution < -0.4 is 4.74 Å². The average molecular weight is 233 g/mol. The van der Waals surface area contributed by atoms with Crippen molar-refractivity contribution in [1.29, 1.82) is 0 Å². The molecule has 0 radical (unpaired) electrons. The molecule has 0 fully saturated rings. The number of aryl methyl sites for hydroxylation is 1. The van der Waals surface area contributed by atoms with Crippen molar-refractivity contribution in [3.8, 4) is 5.88 Å². The van der Waals surface area contributed by atoms with Gasteiger partial charge >= 0.3 is 0 Å². The molecular formula is C12H15N3O2. The summed E-state index contributed by atoms with van der Waals surface area (Å²) in [5.41, 5.74) is 1.28. The minimum Gasteiger partial charge on any atom is -0.481 e. The number of aliphatic hydroxyl groups is 1. The Kier molecular flexibility index (Phi) is 3.39. The van der Waals surface area contributed by atoms with Crippen LogP contribution in [0.4, 0.5) is 0 Å². The monoisotopic (exact) mass is 233 g/mol. The Balaban J connectivity index is 2.26. The fraction of sp³-hybridized carbons (Fsp3) is 0.333. The Morgan fingerprint density at radius 1 is 1.47 bits per heavy atom. The topological polar surface area (TPSA) is 60.2 Å². The van der Waals surface area contributed by atoms with Crippen LogP contribution in [0.2, 0.25) is 0 Å². The van der Waals surface area contributed by atoms with Gasteiger partial charge in [0.2, 0.25) is 5.88 Å². The molecule has 2 rings (SSSR count). The largest absolute Gasteiger partial charge is 0.481 e. The van der Waals surface area contributed by atoms with E-state index in [-0.39, 0.29) is 0 Å². The van der Waals surface area contributed by atoms with Gasteiger partial charge in [0, 0.05) is 24.4 Å². The van der Waals surface area contributed by atoms with E-state index in [1.165, 1.54) is 0 Å². The van der Waals surface area contributed by atoms with Crippen molar-refractivity contribution < 1.29 is 9.84 Å². The third-order valence-corrected chi connectivity index (χ3v) is 2.53.